The van der Waals surface area contributed by atoms with Gasteiger partial charge in [-0.05, 0) is 31.5 Å². The van der Waals surface area contributed by atoms with Crippen LogP contribution in [-0.4, -0.2) is 39.5 Å². The van der Waals surface area contributed by atoms with Crippen molar-refractivity contribution in [1.29, 1.82) is 0 Å². The van der Waals surface area contributed by atoms with E-state index in [1.54, 1.807) is 13.8 Å². The molecule has 0 aliphatic rings. The van der Waals surface area contributed by atoms with Gasteiger partial charge in [-0.15, -0.1) is 0 Å². The van der Waals surface area contributed by atoms with Crippen LogP contribution in [0.25, 0.3) is 0 Å². The summed E-state index contributed by atoms with van der Waals surface area (Å²) in [5, 5.41) is 0. The Hall–Kier alpha value is -1.18. The summed E-state index contributed by atoms with van der Waals surface area (Å²) in [4.78, 5) is -0.416. The lowest BCUT2D eigenvalue weighted by molar-refractivity contribution is 0.149. The first-order chi connectivity index (χ1) is 8.71. The molecule has 1 unspecified atom stereocenters. The predicted octanol–water partition coefficient (Wildman–Crippen LogP) is 1.37. The maximum Gasteiger partial charge on any atom is 0.246 e. The molecule has 1 aromatic carbocycles. The summed E-state index contributed by atoms with van der Waals surface area (Å²) in [6, 6.07) is 1.87. The lowest BCUT2D eigenvalue weighted by Gasteiger charge is -2.24. The van der Waals surface area contributed by atoms with Crippen LogP contribution in [0.4, 0.5) is 10.1 Å². The van der Waals surface area contributed by atoms with Crippen molar-refractivity contribution in [2.75, 3.05) is 26.5 Å². The zero-order chi connectivity index (χ0) is 14.8. The number of nitrogen functional groups attached to an aromatic ring is 1. The van der Waals surface area contributed by atoms with Crippen LogP contribution in [0.1, 0.15) is 12.5 Å². The van der Waals surface area contributed by atoms with E-state index in [2.05, 4.69) is 0 Å². The first kappa shape index (κ1) is 15.9. The zero-order valence-corrected chi connectivity index (χ0v) is 12.3. The van der Waals surface area contributed by atoms with Crippen LogP contribution in [-0.2, 0) is 14.8 Å². The number of hydrogen-bond donors (Lipinski definition) is 1. The number of ether oxygens (including phenoxy) is 1. The molecule has 0 bridgehead atoms. The molecule has 0 heterocycles. The number of halogens is 1. The lowest BCUT2D eigenvalue weighted by atomic mass is 10.2. The van der Waals surface area contributed by atoms with Crippen molar-refractivity contribution in [3.8, 4) is 0 Å². The van der Waals surface area contributed by atoms with E-state index >= 15 is 0 Å². The monoisotopic (exact) mass is 290 g/mol. The minimum Gasteiger partial charge on any atom is -0.398 e. The van der Waals surface area contributed by atoms with Crippen molar-refractivity contribution in [2.24, 2.45) is 0 Å². The number of nitrogens with two attached hydrogens (primary N) is 1. The highest BCUT2D eigenvalue weighted by molar-refractivity contribution is 7.89. The zero-order valence-electron chi connectivity index (χ0n) is 11.5. The number of rotatable bonds is 5. The van der Waals surface area contributed by atoms with E-state index in [-0.39, 0.29) is 12.3 Å². The third kappa shape index (κ3) is 3.23. The Labute approximate surface area is 113 Å². The molecule has 0 saturated heterocycles. The molecule has 0 aliphatic carbocycles. The maximum atomic E-state index is 13.8. The van der Waals surface area contributed by atoms with Gasteiger partial charge in [-0.2, -0.15) is 4.31 Å². The number of methoxy groups -OCH3 is 1. The topological polar surface area (TPSA) is 72.6 Å². The second-order valence-corrected chi connectivity index (χ2v) is 6.43. The molecule has 0 spiro atoms. The molecule has 0 saturated carbocycles. The summed E-state index contributed by atoms with van der Waals surface area (Å²) < 4.78 is 44.4. The summed E-state index contributed by atoms with van der Waals surface area (Å²) in [6.45, 7) is 3.52. The highest BCUT2D eigenvalue weighted by atomic mass is 32.2. The van der Waals surface area contributed by atoms with Crippen molar-refractivity contribution in [1.82, 2.24) is 4.31 Å². The molecule has 0 aliphatic heterocycles. The number of aryl methyl sites for hydroxylation is 1. The van der Waals surface area contributed by atoms with Gasteiger partial charge in [-0.1, -0.05) is 0 Å². The fourth-order valence-electron chi connectivity index (χ4n) is 1.60. The molecule has 19 heavy (non-hydrogen) atoms. The smallest absolute Gasteiger partial charge is 0.246 e. The highest BCUT2D eigenvalue weighted by Gasteiger charge is 2.28. The summed E-state index contributed by atoms with van der Waals surface area (Å²) in [7, 11) is -1.07. The van der Waals surface area contributed by atoms with Gasteiger partial charge >= 0.3 is 0 Å². The van der Waals surface area contributed by atoms with Gasteiger partial charge in [0, 0.05) is 25.9 Å². The first-order valence-electron chi connectivity index (χ1n) is 5.74. The van der Waals surface area contributed by atoms with Gasteiger partial charge in [0.1, 0.15) is 10.7 Å². The Morgan fingerprint density at radius 2 is 2.05 bits per heavy atom. The molecule has 1 rings (SSSR count). The van der Waals surface area contributed by atoms with E-state index < -0.39 is 26.8 Å². The van der Waals surface area contributed by atoms with Crippen molar-refractivity contribution < 1.29 is 17.5 Å². The average molecular weight is 290 g/mol. The molecule has 5 nitrogen and oxygen atoms in total. The summed E-state index contributed by atoms with van der Waals surface area (Å²) in [5.74, 6) is -0.803. The van der Waals surface area contributed by atoms with E-state index in [1.807, 2.05) is 0 Å². The van der Waals surface area contributed by atoms with E-state index in [9.17, 15) is 12.8 Å². The molecule has 2 N–H and O–H groups in total. The number of likely N-dealkylation sites (N-methyl/N-ethyl adjacent to an activating group) is 1. The van der Waals surface area contributed by atoms with Crippen LogP contribution in [0, 0.1) is 12.7 Å². The van der Waals surface area contributed by atoms with Crippen molar-refractivity contribution in [3.63, 3.8) is 0 Å². The van der Waals surface area contributed by atoms with E-state index in [1.165, 1.54) is 14.2 Å². The standard InChI is InChI=1S/C12H19FN2O3S/c1-8-5-10(13)12(6-11(8)14)19(16,17)15(3)9(2)7-18-4/h5-6,9H,7,14H2,1-4H3. The quantitative estimate of drug-likeness (QED) is 0.831. The van der Waals surface area contributed by atoms with E-state index in [0.717, 1.165) is 16.4 Å². The number of anilines is 1. The van der Waals surface area contributed by atoms with Gasteiger partial charge in [0.05, 0.1) is 6.61 Å². The summed E-state index contributed by atoms with van der Waals surface area (Å²) in [6.07, 6.45) is 0. The molecule has 108 valence electrons. The largest absolute Gasteiger partial charge is 0.398 e. The number of benzene rings is 1. The summed E-state index contributed by atoms with van der Waals surface area (Å²) in [5.41, 5.74) is 6.39. The van der Waals surface area contributed by atoms with E-state index in [4.69, 9.17) is 10.5 Å². The number of sulfonamides is 1. The predicted molar refractivity (Wildman–Crippen MR) is 71.8 cm³/mol. The van der Waals surface area contributed by atoms with Crippen molar-refractivity contribution in [2.45, 2.75) is 24.8 Å². The van der Waals surface area contributed by atoms with Gasteiger partial charge in [-0.3, -0.25) is 0 Å². The minimum absolute atomic E-state index is 0.221. The Morgan fingerprint density at radius 3 is 2.58 bits per heavy atom. The van der Waals surface area contributed by atoms with Crippen LogP contribution in [0.15, 0.2) is 17.0 Å². The van der Waals surface area contributed by atoms with Gasteiger partial charge in [0.2, 0.25) is 10.0 Å². The lowest BCUT2D eigenvalue weighted by Crippen LogP contribution is -2.38. The SMILES string of the molecule is COCC(C)N(C)S(=O)(=O)c1cc(N)c(C)cc1F. The third-order valence-corrected chi connectivity index (χ3v) is 4.99. The highest BCUT2D eigenvalue weighted by Crippen LogP contribution is 2.24. The Bertz CT molecular complexity index is 560. The molecular weight excluding hydrogens is 271 g/mol. The molecule has 1 aromatic rings. The van der Waals surface area contributed by atoms with Crippen LogP contribution in [0.3, 0.4) is 0 Å². The van der Waals surface area contributed by atoms with Crippen LogP contribution in [0.2, 0.25) is 0 Å². The molecule has 7 heteroatoms. The molecule has 0 amide bonds. The Kier molecular flexibility index (Phi) is 4.89. The molecule has 1 atom stereocenters. The number of nitrogens with zero attached hydrogens (tertiary/aromatic N) is 1. The van der Waals surface area contributed by atoms with Gasteiger partial charge < -0.3 is 10.5 Å². The van der Waals surface area contributed by atoms with Crippen LogP contribution >= 0.6 is 0 Å². The average Bonchev–Trinajstić information content (AvgIpc) is 2.32. The normalized spacial score (nSPS) is 13.8. The van der Waals surface area contributed by atoms with Crippen LogP contribution in [0.5, 0.6) is 0 Å². The number of hydrogen-bond acceptors (Lipinski definition) is 4. The molecule has 0 fully saturated rings. The van der Waals surface area contributed by atoms with Crippen LogP contribution < -0.4 is 5.73 Å². The molecule has 0 aromatic heterocycles. The van der Waals surface area contributed by atoms with Crippen molar-refractivity contribution >= 4 is 15.7 Å². The third-order valence-electron chi connectivity index (χ3n) is 3.01. The minimum atomic E-state index is -3.93. The fourth-order valence-corrected chi connectivity index (χ4v) is 3.03. The Balaban J connectivity index is 3.24. The molecule has 0 radical (unpaired) electrons. The van der Waals surface area contributed by atoms with Gasteiger partial charge in [-0.25, -0.2) is 12.8 Å². The van der Waals surface area contributed by atoms with Gasteiger partial charge in [0.25, 0.3) is 0 Å². The second kappa shape index (κ2) is 5.85. The van der Waals surface area contributed by atoms with Crippen molar-refractivity contribution in [3.05, 3.63) is 23.5 Å². The molecular formula is C12H19FN2O3S. The second-order valence-electron chi connectivity index (χ2n) is 4.46. The Morgan fingerprint density at radius 1 is 1.47 bits per heavy atom. The maximum absolute atomic E-state index is 13.8. The summed E-state index contributed by atoms with van der Waals surface area (Å²) >= 11 is 0. The van der Waals surface area contributed by atoms with E-state index in [0.29, 0.717) is 5.56 Å². The van der Waals surface area contributed by atoms with Gasteiger partial charge in [0.15, 0.2) is 0 Å². The first-order valence-corrected chi connectivity index (χ1v) is 7.18. The fraction of sp³-hybridized carbons (Fsp3) is 0.500.